The Kier molecular flexibility index (Phi) is 14.9. The van der Waals surface area contributed by atoms with Crippen LogP contribution in [0.25, 0.3) is 0 Å². The van der Waals surface area contributed by atoms with Gasteiger partial charge in [0.25, 0.3) is 5.69 Å². The first-order valence-corrected chi connectivity index (χ1v) is 11.8. The third kappa shape index (κ3) is 14.3. The molecule has 0 aliphatic carbocycles. The van der Waals surface area contributed by atoms with Gasteiger partial charge in [0.05, 0.1) is 11.0 Å². The summed E-state index contributed by atoms with van der Waals surface area (Å²) >= 11 is 0. The van der Waals surface area contributed by atoms with E-state index in [0.29, 0.717) is 25.1 Å². The van der Waals surface area contributed by atoms with Gasteiger partial charge in [0.1, 0.15) is 12.1 Å². The number of hydrogen-bond donors (Lipinski definition) is 8. The van der Waals surface area contributed by atoms with Gasteiger partial charge < -0.3 is 38.3 Å². The van der Waals surface area contributed by atoms with Crippen molar-refractivity contribution in [3.63, 3.8) is 0 Å². The maximum absolute atomic E-state index is 12.6. The molecular weight excluding hydrogens is 484 g/mol. The Morgan fingerprint density at radius 3 is 2.03 bits per heavy atom. The zero-order chi connectivity index (χ0) is 28.7. The first-order valence-electron chi connectivity index (χ1n) is 11.8. The zero-order valence-electron chi connectivity index (χ0n) is 21.7. The van der Waals surface area contributed by atoms with E-state index >= 15 is 0 Å². The minimum atomic E-state index is -1.17. The molecule has 0 fully saturated rings. The number of nitro benzene ring substituents is 1. The molecule has 1 rings (SSSR count). The molecule has 14 heteroatoms. The van der Waals surface area contributed by atoms with E-state index in [1.807, 2.05) is 13.8 Å². The van der Waals surface area contributed by atoms with Crippen LogP contribution in [-0.2, 0) is 14.4 Å². The second kappa shape index (κ2) is 16.7. The topological polar surface area (TPSA) is 253 Å². The predicted molar refractivity (Wildman–Crippen MR) is 140 cm³/mol. The lowest BCUT2D eigenvalue weighted by molar-refractivity contribution is -0.384. The van der Waals surface area contributed by atoms with Crippen molar-refractivity contribution in [2.45, 2.75) is 65.1 Å². The van der Waals surface area contributed by atoms with Crippen molar-refractivity contribution in [3.05, 3.63) is 34.4 Å². The van der Waals surface area contributed by atoms with Crippen molar-refractivity contribution in [2.24, 2.45) is 23.3 Å². The Bertz CT molecular complexity index is 907. The van der Waals surface area contributed by atoms with Gasteiger partial charge in [-0.2, -0.15) is 0 Å². The van der Waals surface area contributed by atoms with E-state index in [9.17, 15) is 29.6 Å². The summed E-state index contributed by atoms with van der Waals surface area (Å²) < 4.78 is 0. The van der Waals surface area contributed by atoms with Gasteiger partial charge in [-0.15, -0.1) is 0 Å². The molecule has 0 heterocycles. The standard InChI is InChI=1S/C17H34N6O4.C6H6N2O2/c1-9(2)8-12(23-15(25)13(18)10(3)4)14(24)22-11(16(26)27)6-5-7-21-17(19)20;7-5-1-3-6(4-2-5)8(9)10/h9-13H,5-8,18H2,1-4H3,(H,22,24)(H,23,25)(H,26,27)(H4,19,20,21);1-4H,7H2. The first-order chi connectivity index (χ1) is 17.1. The third-order valence-electron chi connectivity index (χ3n) is 5.06. The lowest BCUT2D eigenvalue weighted by atomic mass is 10.00. The van der Waals surface area contributed by atoms with Crippen molar-refractivity contribution in [1.29, 1.82) is 5.41 Å². The Hall–Kier alpha value is -3.94. The van der Waals surface area contributed by atoms with E-state index in [2.05, 4.69) is 16.0 Å². The number of aliphatic carboxylic acids is 1. The van der Waals surface area contributed by atoms with Crippen molar-refractivity contribution >= 4 is 35.1 Å². The van der Waals surface area contributed by atoms with E-state index in [1.165, 1.54) is 24.3 Å². The third-order valence-corrected chi connectivity index (χ3v) is 5.06. The largest absolute Gasteiger partial charge is 0.480 e. The van der Waals surface area contributed by atoms with Crippen LogP contribution in [0, 0.1) is 27.4 Å². The predicted octanol–water partition coefficient (Wildman–Crippen LogP) is 0.510. The van der Waals surface area contributed by atoms with Gasteiger partial charge >= 0.3 is 5.97 Å². The number of nitrogen functional groups attached to an aromatic ring is 1. The highest BCUT2D eigenvalue weighted by molar-refractivity contribution is 5.91. The Morgan fingerprint density at radius 2 is 1.59 bits per heavy atom. The number of nitrogens with one attached hydrogen (secondary N) is 4. The Balaban J connectivity index is 0.00000107. The van der Waals surface area contributed by atoms with Gasteiger partial charge in [-0.05, 0) is 43.2 Å². The van der Waals surface area contributed by atoms with Crippen LogP contribution in [0.2, 0.25) is 0 Å². The zero-order valence-corrected chi connectivity index (χ0v) is 21.7. The number of carboxylic acids is 1. The van der Waals surface area contributed by atoms with E-state index < -0.39 is 40.8 Å². The van der Waals surface area contributed by atoms with Crippen molar-refractivity contribution in [2.75, 3.05) is 12.3 Å². The summed E-state index contributed by atoms with van der Waals surface area (Å²) in [5.41, 5.74) is 16.9. The number of rotatable bonds is 13. The van der Waals surface area contributed by atoms with Gasteiger partial charge in [0, 0.05) is 24.4 Å². The molecule has 0 aliphatic heterocycles. The molecule has 1 aromatic carbocycles. The fourth-order valence-electron chi connectivity index (χ4n) is 2.93. The average Bonchev–Trinajstić information content (AvgIpc) is 2.79. The second-order valence-corrected chi connectivity index (χ2v) is 9.19. The highest BCUT2D eigenvalue weighted by Gasteiger charge is 2.29. The molecule has 37 heavy (non-hydrogen) atoms. The molecule has 1 aromatic rings. The molecule has 14 nitrogen and oxygen atoms in total. The molecule has 3 atom stereocenters. The van der Waals surface area contributed by atoms with E-state index in [4.69, 9.17) is 22.6 Å². The number of carboxylic acid groups (broad SMARTS) is 1. The molecule has 0 spiro atoms. The van der Waals surface area contributed by atoms with Crippen LogP contribution in [0.4, 0.5) is 11.4 Å². The quantitative estimate of drug-likeness (QED) is 0.0443. The second-order valence-electron chi connectivity index (χ2n) is 9.19. The number of benzene rings is 1. The van der Waals surface area contributed by atoms with Crippen LogP contribution in [0.15, 0.2) is 24.3 Å². The molecule has 11 N–H and O–H groups in total. The number of nitrogens with zero attached hydrogens (tertiary/aromatic N) is 1. The van der Waals surface area contributed by atoms with Crippen LogP contribution < -0.4 is 33.2 Å². The number of nitrogens with two attached hydrogens (primary N) is 3. The maximum atomic E-state index is 12.6. The van der Waals surface area contributed by atoms with E-state index in [-0.39, 0.29) is 29.9 Å². The fourth-order valence-corrected chi connectivity index (χ4v) is 2.93. The number of non-ortho nitro benzene ring substituents is 1. The van der Waals surface area contributed by atoms with Gasteiger partial charge in [-0.25, -0.2) is 4.79 Å². The maximum Gasteiger partial charge on any atom is 0.326 e. The lowest BCUT2D eigenvalue weighted by Gasteiger charge is -2.25. The minimum absolute atomic E-state index is 0.0641. The van der Waals surface area contributed by atoms with Crippen LogP contribution in [0.1, 0.15) is 47.0 Å². The normalized spacial score (nSPS) is 12.9. The number of carbonyl (C=O) groups excluding carboxylic acids is 2. The summed E-state index contributed by atoms with van der Waals surface area (Å²) in [4.78, 5) is 45.8. The molecule has 2 amide bonds. The molecular formula is C23H40N8O6. The SMILES string of the molecule is CC(C)CC(NC(=O)C(N)C(C)C)C(=O)NC(CCCNC(=N)N)C(=O)O.Nc1ccc([N+](=O)[O-])cc1. The van der Waals surface area contributed by atoms with Gasteiger partial charge in [-0.3, -0.25) is 25.1 Å². The van der Waals surface area contributed by atoms with Crippen LogP contribution in [0.3, 0.4) is 0 Å². The van der Waals surface area contributed by atoms with Crippen molar-refractivity contribution in [3.8, 4) is 0 Å². The number of carbonyl (C=O) groups is 3. The monoisotopic (exact) mass is 524 g/mol. The summed E-state index contributed by atoms with van der Waals surface area (Å²) in [5.74, 6) is -2.34. The molecule has 208 valence electrons. The summed E-state index contributed by atoms with van der Waals surface area (Å²) in [5, 5.41) is 34.1. The highest BCUT2D eigenvalue weighted by Crippen LogP contribution is 2.12. The van der Waals surface area contributed by atoms with Crippen LogP contribution >= 0.6 is 0 Å². The van der Waals surface area contributed by atoms with E-state index in [1.54, 1.807) is 13.8 Å². The summed E-state index contributed by atoms with van der Waals surface area (Å²) in [7, 11) is 0. The van der Waals surface area contributed by atoms with Crippen LogP contribution in [0.5, 0.6) is 0 Å². The minimum Gasteiger partial charge on any atom is -0.480 e. The Morgan fingerprint density at radius 1 is 1.05 bits per heavy atom. The lowest BCUT2D eigenvalue weighted by Crippen LogP contribution is -2.55. The summed E-state index contributed by atoms with van der Waals surface area (Å²) in [6.07, 6.45) is 0.923. The highest BCUT2D eigenvalue weighted by atomic mass is 16.6. The number of amides is 2. The van der Waals surface area contributed by atoms with Crippen molar-refractivity contribution < 1.29 is 24.4 Å². The molecule has 0 saturated carbocycles. The first kappa shape index (κ1) is 33.1. The molecule has 0 aromatic heterocycles. The number of anilines is 1. The van der Waals surface area contributed by atoms with E-state index in [0.717, 1.165) is 0 Å². The summed E-state index contributed by atoms with van der Waals surface area (Å²) in [6, 6.07) is 3.03. The number of nitro groups is 1. The fraction of sp³-hybridized carbons (Fsp3) is 0.565. The molecule has 0 aliphatic rings. The molecule has 3 unspecified atom stereocenters. The molecule has 0 saturated heterocycles. The Labute approximate surface area is 216 Å². The van der Waals surface area contributed by atoms with Gasteiger partial charge in [0.2, 0.25) is 11.8 Å². The van der Waals surface area contributed by atoms with Crippen molar-refractivity contribution in [1.82, 2.24) is 16.0 Å². The number of hydrogen-bond acceptors (Lipinski definition) is 8. The number of guanidine groups is 1. The van der Waals surface area contributed by atoms with Crippen LogP contribution in [-0.4, -0.2) is 58.4 Å². The average molecular weight is 525 g/mol. The smallest absolute Gasteiger partial charge is 0.326 e. The molecule has 0 radical (unpaired) electrons. The van der Waals surface area contributed by atoms with Gasteiger partial charge in [-0.1, -0.05) is 27.7 Å². The van der Waals surface area contributed by atoms with Gasteiger partial charge in [0.15, 0.2) is 5.96 Å². The molecule has 0 bridgehead atoms. The summed E-state index contributed by atoms with van der Waals surface area (Å²) in [6.45, 7) is 7.73.